The van der Waals surface area contributed by atoms with Gasteiger partial charge in [-0.2, -0.15) is 0 Å². The molecule has 1 aliphatic heterocycles. The minimum atomic E-state index is 0.133. The van der Waals surface area contributed by atoms with Gasteiger partial charge < -0.3 is 10.2 Å². The Morgan fingerprint density at radius 1 is 1.45 bits per heavy atom. The zero-order valence-electron chi connectivity index (χ0n) is 11.7. The molecule has 1 aliphatic rings. The maximum atomic E-state index is 12.7. The van der Waals surface area contributed by atoms with E-state index in [9.17, 15) is 4.79 Å². The van der Waals surface area contributed by atoms with Crippen LogP contribution in [0, 0.1) is 0 Å². The second-order valence-corrected chi connectivity index (χ2v) is 5.26. The third-order valence-electron chi connectivity index (χ3n) is 3.93. The first kappa shape index (κ1) is 13.1. The van der Waals surface area contributed by atoms with Crippen LogP contribution in [0.25, 0.3) is 10.9 Å². The van der Waals surface area contributed by atoms with Crippen LogP contribution in [0.2, 0.25) is 0 Å². The number of nitrogens with one attached hydrogen (secondary N) is 1. The number of pyridine rings is 1. The molecule has 104 valence electrons. The summed E-state index contributed by atoms with van der Waals surface area (Å²) in [6, 6.07) is 9.96. The van der Waals surface area contributed by atoms with E-state index in [1.807, 2.05) is 42.3 Å². The van der Waals surface area contributed by atoms with E-state index in [0.717, 1.165) is 42.4 Å². The first-order chi connectivity index (χ1) is 9.79. The van der Waals surface area contributed by atoms with Crippen molar-refractivity contribution in [1.82, 2.24) is 15.2 Å². The van der Waals surface area contributed by atoms with Gasteiger partial charge >= 0.3 is 0 Å². The van der Waals surface area contributed by atoms with Crippen molar-refractivity contribution in [3.63, 3.8) is 0 Å². The molecule has 1 atom stereocenters. The number of nitrogens with zero attached hydrogens (tertiary/aromatic N) is 2. The number of carbonyl (C=O) groups is 1. The zero-order valence-corrected chi connectivity index (χ0v) is 11.7. The number of benzene rings is 1. The Labute approximate surface area is 118 Å². The summed E-state index contributed by atoms with van der Waals surface area (Å²) < 4.78 is 0. The molecule has 1 N–H and O–H groups in total. The van der Waals surface area contributed by atoms with E-state index in [1.54, 1.807) is 6.20 Å². The summed E-state index contributed by atoms with van der Waals surface area (Å²) in [4.78, 5) is 18.9. The summed E-state index contributed by atoms with van der Waals surface area (Å²) in [5.74, 6) is 0.133. The van der Waals surface area contributed by atoms with Crippen LogP contribution in [0.1, 0.15) is 23.2 Å². The molecule has 1 fully saturated rings. The summed E-state index contributed by atoms with van der Waals surface area (Å²) in [5.41, 5.74) is 1.69. The van der Waals surface area contributed by atoms with Crippen LogP contribution in [0.15, 0.2) is 36.5 Å². The van der Waals surface area contributed by atoms with Crippen LogP contribution in [0.4, 0.5) is 0 Å². The lowest BCUT2D eigenvalue weighted by Crippen LogP contribution is -2.40. The Morgan fingerprint density at radius 3 is 3.20 bits per heavy atom. The van der Waals surface area contributed by atoms with E-state index in [0.29, 0.717) is 6.04 Å². The van der Waals surface area contributed by atoms with E-state index in [1.165, 1.54) is 0 Å². The molecule has 2 heterocycles. The van der Waals surface area contributed by atoms with Crippen molar-refractivity contribution in [2.24, 2.45) is 0 Å². The lowest BCUT2D eigenvalue weighted by atomic mass is 10.1. The van der Waals surface area contributed by atoms with Crippen molar-refractivity contribution >= 4 is 16.8 Å². The highest BCUT2D eigenvalue weighted by molar-refractivity contribution is 5.98. The normalized spacial score (nSPS) is 18.6. The summed E-state index contributed by atoms with van der Waals surface area (Å²) >= 11 is 0. The number of carbonyl (C=O) groups excluding carboxylic acids is 1. The van der Waals surface area contributed by atoms with Crippen LogP contribution < -0.4 is 5.32 Å². The van der Waals surface area contributed by atoms with Crippen molar-refractivity contribution in [3.8, 4) is 0 Å². The van der Waals surface area contributed by atoms with Crippen molar-refractivity contribution < 1.29 is 4.79 Å². The number of aromatic nitrogens is 1. The first-order valence-electron chi connectivity index (χ1n) is 7.10. The molecular formula is C16H19N3O. The average molecular weight is 269 g/mol. The Kier molecular flexibility index (Phi) is 3.65. The van der Waals surface area contributed by atoms with Crippen molar-refractivity contribution in [1.29, 1.82) is 0 Å². The maximum absolute atomic E-state index is 12.7. The molecular weight excluding hydrogens is 250 g/mol. The number of amides is 1. The Balaban J connectivity index is 1.88. The molecule has 0 bridgehead atoms. The van der Waals surface area contributed by atoms with Gasteiger partial charge in [-0.25, -0.2) is 0 Å². The topological polar surface area (TPSA) is 45.2 Å². The lowest BCUT2D eigenvalue weighted by Gasteiger charge is -2.24. The molecule has 1 aromatic heterocycles. The van der Waals surface area contributed by atoms with E-state index >= 15 is 0 Å². The Bertz CT molecular complexity index is 626. The molecule has 0 saturated carbocycles. The molecule has 1 unspecified atom stereocenters. The number of fused-ring (bicyclic) bond motifs is 1. The molecule has 0 aliphatic carbocycles. The van der Waals surface area contributed by atoms with Crippen LogP contribution in [0.3, 0.4) is 0 Å². The quantitative estimate of drug-likeness (QED) is 0.927. The highest BCUT2D eigenvalue weighted by atomic mass is 16.2. The molecule has 0 radical (unpaired) electrons. The van der Waals surface area contributed by atoms with Gasteiger partial charge in [-0.1, -0.05) is 6.07 Å². The van der Waals surface area contributed by atoms with Crippen LogP contribution in [-0.4, -0.2) is 42.0 Å². The predicted octanol–water partition coefficient (Wildman–Crippen LogP) is 2.06. The third-order valence-corrected chi connectivity index (χ3v) is 3.93. The molecule has 1 saturated heterocycles. The zero-order chi connectivity index (χ0) is 13.9. The van der Waals surface area contributed by atoms with Crippen LogP contribution in [-0.2, 0) is 0 Å². The fourth-order valence-electron chi connectivity index (χ4n) is 2.93. The highest BCUT2D eigenvalue weighted by Crippen LogP contribution is 2.21. The summed E-state index contributed by atoms with van der Waals surface area (Å²) in [6.45, 7) is 1.72. The molecule has 1 amide bonds. The van der Waals surface area contributed by atoms with E-state index in [-0.39, 0.29) is 5.91 Å². The van der Waals surface area contributed by atoms with Gasteiger partial charge in [0.25, 0.3) is 5.91 Å². The fraction of sp³-hybridized carbons (Fsp3) is 0.375. The largest absolute Gasteiger partial charge is 0.334 e. The molecule has 4 nitrogen and oxygen atoms in total. The second kappa shape index (κ2) is 5.59. The predicted molar refractivity (Wildman–Crippen MR) is 79.7 cm³/mol. The molecule has 2 aromatic rings. The van der Waals surface area contributed by atoms with Gasteiger partial charge in [0, 0.05) is 36.3 Å². The van der Waals surface area contributed by atoms with Crippen LogP contribution in [0.5, 0.6) is 0 Å². The number of likely N-dealkylation sites (tertiary alicyclic amines) is 1. The van der Waals surface area contributed by atoms with Gasteiger partial charge in [-0.15, -0.1) is 0 Å². The van der Waals surface area contributed by atoms with Crippen LogP contribution >= 0.6 is 0 Å². The SMILES string of the molecule is CNCC1CCCN1C(=O)c1ccc2ncccc2c1. The smallest absolute Gasteiger partial charge is 0.254 e. The second-order valence-electron chi connectivity index (χ2n) is 5.26. The summed E-state index contributed by atoms with van der Waals surface area (Å²) in [7, 11) is 1.93. The number of rotatable bonds is 3. The summed E-state index contributed by atoms with van der Waals surface area (Å²) in [5, 5.41) is 4.19. The van der Waals surface area contributed by atoms with Gasteiger partial charge in [0.05, 0.1) is 5.52 Å². The minimum Gasteiger partial charge on any atom is -0.334 e. The monoisotopic (exact) mass is 269 g/mol. The van der Waals surface area contributed by atoms with Gasteiger partial charge in [0.2, 0.25) is 0 Å². The van der Waals surface area contributed by atoms with Crippen molar-refractivity contribution in [3.05, 3.63) is 42.1 Å². The van der Waals surface area contributed by atoms with Gasteiger partial charge in [-0.3, -0.25) is 9.78 Å². The molecule has 3 rings (SSSR count). The van der Waals surface area contributed by atoms with E-state index < -0.39 is 0 Å². The van der Waals surface area contributed by atoms with E-state index in [4.69, 9.17) is 0 Å². The number of hydrogen-bond donors (Lipinski definition) is 1. The lowest BCUT2D eigenvalue weighted by molar-refractivity contribution is 0.0737. The third kappa shape index (κ3) is 2.39. The minimum absolute atomic E-state index is 0.133. The van der Waals surface area contributed by atoms with Gasteiger partial charge in [0.1, 0.15) is 0 Å². The Morgan fingerprint density at radius 2 is 2.35 bits per heavy atom. The summed E-state index contributed by atoms with van der Waals surface area (Å²) in [6.07, 6.45) is 3.95. The molecule has 0 spiro atoms. The highest BCUT2D eigenvalue weighted by Gasteiger charge is 2.28. The first-order valence-corrected chi connectivity index (χ1v) is 7.10. The van der Waals surface area contributed by atoms with E-state index in [2.05, 4.69) is 10.3 Å². The molecule has 20 heavy (non-hydrogen) atoms. The molecule has 1 aromatic carbocycles. The average Bonchev–Trinajstić information content (AvgIpc) is 2.94. The number of likely N-dealkylation sites (N-methyl/N-ethyl adjacent to an activating group) is 1. The van der Waals surface area contributed by atoms with Gasteiger partial charge in [-0.05, 0) is 44.2 Å². The van der Waals surface area contributed by atoms with Crippen molar-refractivity contribution in [2.45, 2.75) is 18.9 Å². The Hall–Kier alpha value is -1.94. The fourth-order valence-corrected chi connectivity index (χ4v) is 2.93. The standard InChI is InChI=1S/C16H19N3O/c1-17-11-14-5-3-9-19(14)16(20)13-6-7-15-12(10-13)4-2-8-18-15/h2,4,6-8,10,14,17H,3,5,9,11H2,1H3. The van der Waals surface area contributed by atoms with Gasteiger partial charge in [0.15, 0.2) is 0 Å². The maximum Gasteiger partial charge on any atom is 0.254 e. The van der Waals surface area contributed by atoms with Crippen molar-refractivity contribution in [2.75, 3.05) is 20.1 Å². The number of hydrogen-bond acceptors (Lipinski definition) is 3. The molecule has 4 heteroatoms.